The van der Waals surface area contributed by atoms with E-state index in [2.05, 4.69) is 5.32 Å². The SMILES string of the molecule is COc1ccccc1Oc1ccc(N2C[C@@H](C(=O)OCC(=O)Nc3ccccc3C)CC2=O)cc1. The van der Waals surface area contributed by atoms with E-state index >= 15 is 0 Å². The van der Waals surface area contributed by atoms with Gasteiger partial charge in [0.1, 0.15) is 5.75 Å². The zero-order valence-corrected chi connectivity index (χ0v) is 19.5. The van der Waals surface area contributed by atoms with E-state index in [1.54, 1.807) is 49.6 Å². The van der Waals surface area contributed by atoms with Gasteiger partial charge in [-0.3, -0.25) is 14.4 Å². The first kappa shape index (κ1) is 23.8. The number of rotatable bonds is 8. The minimum atomic E-state index is -0.640. The molecule has 1 N–H and O–H groups in total. The molecule has 1 atom stereocenters. The zero-order valence-electron chi connectivity index (χ0n) is 19.5. The van der Waals surface area contributed by atoms with Crippen molar-refractivity contribution in [2.75, 3.05) is 30.5 Å². The minimum Gasteiger partial charge on any atom is -0.493 e. The van der Waals surface area contributed by atoms with E-state index in [1.807, 2.05) is 37.3 Å². The normalized spacial score (nSPS) is 15.0. The number of carbonyl (C=O) groups excluding carboxylic acids is 3. The molecule has 0 radical (unpaired) electrons. The first-order valence-corrected chi connectivity index (χ1v) is 11.2. The van der Waals surface area contributed by atoms with Crippen LogP contribution in [0.25, 0.3) is 0 Å². The van der Waals surface area contributed by atoms with Gasteiger partial charge in [0.05, 0.1) is 13.0 Å². The van der Waals surface area contributed by atoms with Crippen LogP contribution in [0.4, 0.5) is 11.4 Å². The van der Waals surface area contributed by atoms with Crippen LogP contribution < -0.4 is 19.7 Å². The van der Waals surface area contributed by atoms with Crippen LogP contribution in [0.1, 0.15) is 12.0 Å². The van der Waals surface area contributed by atoms with Crippen LogP contribution in [-0.2, 0) is 19.1 Å². The van der Waals surface area contributed by atoms with Crippen LogP contribution in [0.15, 0.2) is 72.8 Å². The molecule has 1 fully saturated rings. The van der Waals surface area contributed by atoms with Gasteiger partial charge in [-0.25, -0.2) is 0 Å². The van der Waals surface area contributed by atoms with Crippen molar-refractivity contribution in [1.29, 1.82) is 0 Å². The molecule has 4 rings (SSSR count). The molecule has 8 nitrogen and oxygen atoms in total. The van der Waals surface area contributed by atoms with Crippen LogP contribution >= 0.6 is 0 Å². The predicted molar refractivity (Wildman–Crippen MR) is 131 cm³/mol. The lowest BCUT2D eigenvalue weighted by atomic mass is 10.1. The number of para-hydroxylation sites is 3. The van der Waals surface area contributed by atoms with E-state index in [4.69, 9.17) is 14.2 Å². The second-order valence-corrected chi connectivity index (χ2v) is 8.12. The quantitative estimate of drug-likeness (QED) is 0.489. The van der Waals surface area contributed by atoms with Gasteiger partial charge in [-0.05, 0) is 55.0 Å². The second kappa shape index (κ2) is 10.7. The first-order valence-electron chi connectivity index (χ1n) is 11.2. The standard InChI is InChI=1S/C27H26N2O6/c1-18-7-3-4-8-22(18)28-25(30)17-34-27(32)19-15-26(31)29(16-19)20-11-13-21(14-12-20)35-24-10-6-5-9-23(24)33-2/h3-14,19H,15-17H2,1-2H3,(H,28,30)/t19-/m0/s1. The van der Waals surface area contributed by atoms with Gasteiger partial charge >= 0.3 is 5.97 Å². The van der Waals surface area contributed by atoms with Gasteiger partial charge in [0.2, 0.25) is 5.91 Å². The lowest BCUT2D eigenvalue weighted by Crippen LogP contribution is -2.28. The largest absolute Gasteiger partial charge is 0.493 e. The van der Waals surface area contributed by atoms with E-state index in [-0.39, 0.29) is 18.9 Å². The van der Waals surface area contributed by atoms with Crippen molar-refractivity contribution < 1.29 is 28.6 Å². The molecule has 1 heterocycles. The molecule has 2 amide bonds. The zero-order chi connectivity index (χ0) is 24.8. The monoisotopic (exact) mass is 474 g/mol. The van der Waals surface area contributed by atoms with E-state index in [0.29, 0.717) is 28.6 Å². The minimum absolute atomic E-state index is 0.0255. The number of amides is 2. The number of nitrogens with one attached hydrogen (secondary N) is 1. The number of hydrogen-bond donors (Lipinski definition) is 1. The van der Waals surface area contributed by atoms with E-state index in [0.717, 1.165) is 5.56 Å². The molecule has 1 saturated heterocycles. The van der Waals surface area contributed by atoms with Crippen molar-refractivity contribution in [3.63, 3.8) is 0 Å². The third kappa shape index (κ3) is 5.78. The maximum absolute atomic E-state index is 12.6. The summed E-state index contributed by atoms with van der Waals surface area (Å²) >= 11 is 0. The molecule has 0 saturated carbocycles. The Kier molecular flexibility index (Phi) is 7.30. The molecule has 3 aromatic carbocycles. The Balaban J connectivity index is 1.31. The Bertz CT molecular complexity index is 1220. The summed E-state index contributed by atoms with van der Waals surface area (Å²) in [6.45, 7) is 1.65. The number of esters is 1. The van der Waals surface area contributed by atoms with E-state index in [1.165, 1.54) is 4.90 Å². The van der Waals surface area contributed by atoms with E-state index < -0.39 is 24.4 Å². The van der Waals surface area contributed by atoms with Gasteiger partial charge in [0.25, 0.3) is 5.91 Å². The molecular weight excluding hydrogens is 448 g/mol. The summed E-state index contributed by atoms with van der Waals surface area (Å²) in [5.41, 5.74) is 2.22. The number of ether oxygens (including phenoxy) is 3. The highest BCUT2D eigenvalue weighted by Gasteiger charge is 2.36. The highest BCUT2D eigenvalue weighted by Crippen LogP contribution is 2.33. The van der Waals surface area contributed by atoms with Crippen molar-refractivity contribution >= 4 is 29.2 Å². The third-order valence-corrected chi connectivity index (χ3v) is 5.67. The van der Waals surface area contributed by atoms with Gasteiger partial charge in [-0.1, -0.05) is 30.3 Å². The fraction of sp³-hybridized carbons (Fsp3) is 0.222. The lowest BCUT2D eigenvalue weighted by molar-refractivity contribution is -0.151. The lowest BCUT2D eigenvalue weighted by Gasteiger charge is -2.17. The molecular formula is C27H26N2O6. The number of aryl methyl sites for hydroxylation is 1. The average molecular weight is 475 g/mol. The number of anilines is 2. The average Bonchev–Trinajstić information content (AvgIpc) is 3.26. The highest BCUT2D eigenvalue weighted by atomic mass is 16.5. The van der Waals surface area contributed by atoms with E-state index in [9.17, 15) is 14.4 Å². The molecule has 0 aliphatic carbocycles. The molecule has 8 heteroatoms. The Morgan fingerprint density at radius 3 is 2.37 bits per heavy atom. The summed E-state index contributed by atoms with van der Waals surface area (Å²) in [4.78, 5) is 38.7. The molecule has 35 heavy (non-hydrogen) atoms. The van der Waals surface area contributed by atoms with Gasteiger partial charge in [-0.2, -0.15) is 0 Å². The Morgan fingerprint density at radius 2 is 1.66 bits per heavy atom. The van der Waals surface area contributed by atoms with Crippen molar-refractivity contribution in [2.45, 2.75) is 13.3 Å². The Hall–Kier alpha value is -4.33. The van der Waals surface area contributed by atoms with Crippen LogP contribution in [0.2, 0.25) is 0 Å². The summed E-state index contributed by atoms with van der Waals surface area (Å²) in [6.07, 6.45) is 0.0255. The first-order chi connectivity index (χ1) is 16.9. The van der Waals surface area contributed by atoms with Crippen molar-refractivity contribution in [3.8, 4) is 17.2 Å². The molecule has 0 unspecified atom stereocenters. The summed E-state index contributed by atoms with van der Waals surface area (Å²) in [5, 5.41) is 2.72. The van der Waals surface area contributed by atoms with Crippen LogP contribution in [0, 0.1) is 12.8 Å². The van der Waals surface area contributed by atoms with Crippen LogP contribution in [0.5, 0.6) is 17.2 Å². The molecule has 0 bridgehead atoms. The predicted octanol–water partition coefficient (Wildman–Crippen LogP) is 4.33. The molecule has 0 spiro atoms. The summed E-state index contributed by atoms with van der Waals surface area (Å²) < 4.78 is 16.3. The van der Waals surface area contributed by atoms with Gasteiger partial charge < -0.3 is 24.4 Å². The number of nitrogens with zero attached hydrogens (tertiary/aromatic N) is 1. The number of hydrogen-bond acceptors (Lipinski definition) is 6. The molecule has 1 aliphatic heterocycles. The van der Waals surface area contributed by atoms with Crippen LogP contribution in [0.3, 0.4) is 0 Å². The fourth-order valence-corrected chi connectivity index (χ4v) is 3.79. The highest BCUT2D eigenvalue weighted by molar-refractivity contribution is 6.00. The molecule has 1 aliphatic rings. The number of benzene rings is 3. The van der Waals surface area contributed by atoms with Crippen molar-refractivity contribution in [1.82, 2.24) is 0 Å². The van der Waals surface area contributed by atoms with Gasteiger partial charge in [-0.15, -0.1) is 0 Å². The Labute approximate surface area is 203 Å². The Morgan fingerprint density at radius 1 is 0.971 bits per heavy atom. The van der Waals surface area contributed by atoms with Gasteiger partial charge in [0.15, 0.2) is 18.1 Å². The molecule has 180 valence electrons. The van der Waals surface area contributed by atoms with Crippen LogP contribution in [-0.4, -0.2) is 38.0 Å². The molecule has 3 aromatic rings. The number of methoxy groups -OCH3 is 1. The second-order valence-electron chi connectivity index (χ2n) is 8.12. The summed E-state index contributed by atoms with van der Waals surface area (Å²) in [7, 11) is 1.57. The maximum atomic E-state index is 12.6. The van der Waals surface area contributed by atoms with Crippen molar-refractivity contribution in [3.05, 3.63) is 78.4 Å². The summed E-state index contributed by atoms with van der Waals surface area (Å²) in [6, 6.07) is 21.6. The molecule has 0 aromatic heterocycles. The topological polar surface area (TPSA) is 94.2 Å². The number of carbonyl (C=O) groups is 3. The fourth-order valence-electron chi connectivity index (χ4n) is 3.79. The smallest absolute Gasteiger partial charge is 0.311 e. The summed E-state index contributed by atoms with van der Waals surface area (Å²) in [5.74, 6) is -0.0561. The third-order valence-electron chi connectivity index (χ3n) is 5.67. The maximum Gasteiger partial charge on any atom is 0.311 e. The van der Waals surface area contributed by atoms with Crippen molar-refractivity contribution in [2.24, 2.45) is 5.92 Å². The van der Waals surface area contributed by atoms with Gasteiger partial charge in [0, 0.05) is 24.3 Å².